The van der Waals surface area contributed by atoms with E-state index >= 15 is 0 Å². The molecule has 2 aromatic carbocycles. The van der Waals surface area contributed by atoms with Gasteiger partial charge in [-0.05, 0) is 35.4 Å². The van der Waals surface area contributed by atoms with Crippen LogP contribution in [0.2, 0.25) is 0 Å². The second kappa shape index (κ2) is 7.67. The average molecular weight is 383 g/mol. The summed E-state index contributed by atoms with van der Waals surface area (Å²) >= 11 is 0. The number of nitrogens with zero attached hydrogens (tertiary/aromatic N) is 3. The first kappa shape index (κ1) is 18.0. The van der Waals surface area contributed by atoms with Crippen molar-refractivity contribution in [2.45, 2.75) is 13.0 Å². The number of hydrogen-bond acceptors (Lipinski definition) is 7. The lowest BCUT2D eigenvalue weighted by Gasteiger charge is -2.14. The molecule has 2 heterocycles. The van der Waals surface area contributed by atoms with Gasteiger partial charge in [-0.2, -0.15) is 0 Å². The maximum absolute atomic E-state index is 5.46. The van der Waals surface area contributed by atoms with Crippen LogP contribution in [0.4, 0.5) is 0 Å². The van der Waals surface area contributed by atoms with Gasteiger partial charge in [0.2, 0.25) is 12.5 Å². The topological polar surface area (TPSA) is 76.9 Å². The highest BCUT2D eigenvalue weighted by atomic mass is 16.7. The van der Waals surface area contributed by atoms with E-state index < -0.39 is 0 Å². The van der Waals surface area contributed by atoms with Crippen LogP contribution >= 0.6 is 0 Å². The Hall–Kier alpha value is -3.42. The third-order valence-electron chi connectivity index (χ3n) is 4.58. The van der Waals surface area contributed by atoms with Crippen LogP contribution in [0, 0.1) is 0 Å². The smallest absolute Gasteiger partial charge is 0.231 e. The second-order valence-electron chi connectivity index (χ2n) is 6.28. The molecular weight excluding hydrogens is 362 g/mol. The van der Waals surface area contributed by atoms with Crippen LogP contribution in [0.15, 0.2) is 36.5 Å². The molecule has 0 radical (unpaired) electrons. The molecule has 0 spiro atoms. The van der Waals surface area contributed by atoms with E-state index in [1.807, 2.05) is 35.0 Å². The molecule has 0 saturated carbocycles. The molecule has 28 heavy (non-hydrogen) atoms. The summed E-state index contributed by atoms with van der Waals surface area (Å²) in [5.74, 6) is 3.31. The van der Waals surface area contributed by atoms with Crippen LogP contribution in [0.1, 0.15) is 16.8 Å². The lowest BCUT2D eigenvalue weighted by molar-refractivity contribution is 0.174. The molecule has 0 bridgehead atoms. The SMILES string of the molecule is COc1cc(Cn2nncc2Cc2ccc3c(c2)OCO3)cc(OC)c1OC. The number of aromatic nitrogens is 3. The summed E-state index contributed by atoms with van der Waals surface area (Å²) in [4.78, 5) is 0. The number of ether oxygens (including phenoxy) is 5. The Morgan fingerprint density at radius 2 is 1.68 bits per heavy atom. The summed E-state index contributed by atoms with van der Waals surface area (Å²) < 4.78 is 28.9. The van der Waals surface area contributed by atoms with Gasteiger partial charge in [0.25, 0.3) is 0 Å². The third-order valence-corrected chi connectivity index (χ3v) is 4.58. The van der Waals surface area contributed by atoms with E-state index in [2.05, 4.69) is 10.3 Å². The van der Waals surface area contributed by atoms with E-state index in [0.717, 1.165) is 28.3 Å². The standard InChI is InChI=1S/C20H21N3O5/c1-24-18-8-14(9-19(25-2)20(18)26-3)11-23-15(10-21-22-23)6-13-4-5-16-17(7-13)28-12-27-16/h4-5,7-10H,6,11-12H2,1-3H3. The summed E-state index contributed by atoms with van der Waals surface area (Å²) in [6.07, 6.45) is 2.44. The molecule has 0 N–H and O–H groups in total. The Balaban J connectivity index is 1.58. The van der Waals surface area contributed by atoms with Gasteiger partial charge >= 0.3 is 0 Å². The van der Waals surface area contributed by atoms with Crippen molar-refractivity contribution in [1.82, 2.24) is 15.0 Å². The zero-order valence-corrected chi connectivity index (χ0v) is 16.0. The minimum absolute atomic E-state index is 0.263. The average Bonchev–Trinajstić information content (AvgIpc) is 3.36. The fourth-order valence-electron chi connectivity index (χ4n) is 3.21. The van der Waals surface area contributed by atoms with Crippen LogP contribution in [0.5, 0.6) is 28.7 Å². The van der Waals surface area contributed by atoms with E-state index in [0.29, 0.717) is 30.2 Å². The first-order valence-corrected chi connectivity index (χ1v) is 8.76. The first-order valence-electron chi connectivity index (χ1n) is 8.76. The molecule has 0 unspecified atom stereocenters. The highest BCUT2D eigenvalue weighted by molar-refractivity contribution is 5.54. The van der Waals surface area contributed by atoms with Gasteiger partial charge in [0, 0.05) is 6.42 Å². The second-order valence-corrected chi connectivity index (χ2v) is 6.28. The van der Waals surface area contributed by atoms with E-state index in [1.165, 1.54) is 0 Å². The zero-order chi connectivity index (χ0) is 19.5. The summed E-state index contributed by atoms with van der Waals surface area (Å²) in [7, 11) is 4.78. The highest BCUT2D eigenvalue weighted by Crippen LogP contribution is 2.38. The van der Waals surface area contributed by atoms with Crippen molar-refractivity contribution in [3.8, 4) is 28.7 Å². The van der Waals surface area contributed by atoms with E-state index in [1.54, 1.807) is 27.5 Å². The van der Waals surface area contributed by atoms with Crippen LogP contribution < -0.4 is 23.7 Å². The molecular formula is C20H21N3O5. The van der Waals surface area contributed by atoms with E-state index in [4.69, 9.17) is 23.7 Å². The predicted octanol–water partition coefficient (Wildman–Crippen LogP) is 2.67. The number of benzene rings is 2. The quantitative estimate of drug-likeness (QED) is 0.621. The van der Waals surface area contributed by atoms with Crippen molar-refractivity contribution < 1.29 is 23.7 Å². The fraction of sp³-hybridized carbons (Fsp3) is 0.300. The maximum atomic E-state index is 5.46. The van der Waals surface area contributed by atoms with E-state index in [9.17, 15) is 0 Å². The summed E-state index contributed by atoms with van der Waals surface area (Å²) in [5.41, 5.74) is 3.04. The predicted molar refractivity (Wildman–Crippen MR) is 101 cm³/mol. The summed E-state index contributed by atoms with van der Waals surface area (Å²) in [6, 6.07) is 9.75. The van der Waals surface area contributed by atoms with Gasteiger partial charge in [-0.15, -0.1) is 5.10 Å². The molecule has 4 rings (SSSR count). The molecule has 1 aromatic heterocycles. The molecule has 0 aliphatic carbocycles. The minimum Gasteiger partial charge on any atom is -0.493 e. The molecule has 0 fully saturated rings. The molecule has 1 aliphatic heterocycles. The van der Waals surface area contributed by atoms with Crippen molar-refractivity contribution in [3.05, 3.63) is 53.3 Å². The Kier molecular flexibility index (Phi) is 4.92. The number of fused-ring (bicyclic) bond motifs is 1. The van der Waals surface area contributed by atoms with Crippen molar-refractivity contribution in [2.24, 2.45) is 0 Å². The van der Waals surface area contributed by atoms with Gasteiger partial charge in [0.05, 0.1) is 39.8 Å². The molecule has 1 aliphatic rings. The van der Waals surface area contributed by atoms with Crippen molar-refractivity contribution in [2.75, 3.05) is 28.1 Å². The van der Waals surface area contributed by atoms with Gasteiger partial charge in [0.1, 0.15) is 0 Å². The minimum atomic E-state index is 0.263. The van der Waals surface area contributed by atoms with Crippen LogP contribution in [0.25, 0.3) is 0 Å². The lowest BCUT2D eigenvalue weighted by atomic mass is 10.1. The molecule has 0 amide bonds. The monoisotopic (exact) mass is 383 g/mol. The van der Waals surface area contributed by atoms with Gasteiger partial charge in [-0.3, -0.25) is 0 Å². The normalized spacial score (nSPS) is 12.1. The van der Waals surface area contributed by atoms with Crippen LogP contribution in [-0.4, -0.2) is 43.1 Å². The molecule has 0 saturated heterocycles. The maximum Gasteiger partial charge on any atom is 0.231 e. The summed E-state index contributed by atoms with van der Waals surface area (Å²) in [5, 5.41) is 8.31. The Bertz CT molecular complexity index is 961. The zero-order valence-electron chi connectivity index (χ0n) is 16.0. The number of methoxy groups -OCH3 is 3. The summed E-state index contributed by atoms with van der Waals surface area (Å²) in [6.45, 7) is 0.788. The number of rotatable bonds is 7. The Morgan fingerprint density at radius 3 is 2.39 bits per heavy atom. The molecule has 3 aromatic rings. The molecule has 146 valence electrons. The molecule has 8 nitrogen and oxygen atoms in total. The van der Waals surface area contributed by atoms with Crippen molar-refractivity contribution >= 4 is 0 Å². The largest absolute Gasteiger partial charge is 0.493 e. The van der Waals surface area contributed by atoms with Crippen molar-refractivity contribution in [1.29, 1.82) is 0 Å². The highest BCUT2D eigenvalue weighted by Gasteiger charge is 2.16. The van der Waals surface area contributed by atoms with Crippen molar-refractivity contribution in [3.63, 3.8) is 0 Å². The Morgan fingerprint density at radius 1 is 0.929 bits per heavy atom. The molecule has 8 heteroatoms. The molecule has 0 atom stereocenters. The van der Waals surface area contributed by atoms with Gasteiger partial charge in [0.15, 0.2) is 23.0 Å². The Labute approximate surface area is 162 Å². The van der Waals surface area contributed by atoms with E-state index in [-0.39, 0.29) is 6.79 Å². The van der Waals surface area contributed by atoms with Gasteiger partial charge < -0.3 is 23.7 Å². The van der Waals surface area contributed by atoms with Gasteiger partial charge in [-0.25, -0.2) is 4.68 Å². The van der Waals surface area contributed by atoms with Gasteiger partial charge in [-0.1, -0.05) is 11.3 Å². The first-order chi connectivity index (χ1) is 13.7. The van der Waals surface area contributed by atoms with Crippen LogP contribution in [-0.2, 0) is 13.0 Å². The van der Waals surface area contributed by atoms with Crippen LogP contribution in [0.3, 0.4) is 0 Å². The lowest BCUT2D eigenvalue weighted by Crippen LogP contribution is -2.08. The third kappa shape index (κ3) is 3.40. The fourth-order valence-corrected chi connectivity index (χ4v) is 3.21. The number of hydrogen-bond donors (Lipinski definition) is 0.